The van der Waals surface area contributed by atoms with Gasteiger partial charge < -0.3 is 9.72 Å². The highest BCUT2D eigenvalue weighted by Gasteiger charge is 2.24. The number of fused-ring (bicyclic) bond motifs is 2. The molecule has 1 saturated heterocycles. The molecule has 3 aromatic heterocycles. The van der Waals surface area contributed by atoms with Gasteiger partial charge in [0.05, 0.1) is 39.8 Å². The van der Waals surface area contributed by atoms with Crippen LogP contribution in [0.2, 0.25) is 0 Å². The Labute approximate surface area is 174 Å². The Morgan fingerprint density at radius 1 is 1.03 bits per heavy atom. The monoisotopic (exact) mass is 400 g/mol. The highest BCUT2D eigenvalue weighted by atomic mass is 16.1. The number of carbonyl (C=O) groups is 1. The van der Waals surface area contributed by atoms with E-state index in [0.29, 0.717) is 11.6 Å². The summed E-state index contributed by atoms with van der Waals surface area (Å²) in [5.41, 5.74) is 6.53. The predicted octanol–water partition coefficient (Wildman–Crippen LogP) is 3.91. The van der Waals surface area contributed by atoms with Crippen molar-refractivity contribution in [2.75, 3.05) is 18.9 Å². The lowest BCUT2D eigenvalue weighted by Crippen LogP contribution is -2.17. The Hall–Kier alpha value is -3.32. The van der Waals surface area contributed by atoms with Crippen LogP contribution in [0.5, 0.6) is 0 Å². The van der Waals surface area contributed by atoms with Crippen LogP contribution in [-0.4, -0.2) is 43.8 Å². The van der Waals surface area contributed by atoms with E-state index in [1.807, 2.05) is 42.6 Å². The zero-order chi connectivity index (χ0) is 20.8. The standard InChI is InChI=1S/C23H24N6O/c1-14-15(2)25-19-11-16(6-8-18(19)24-14)23(30)26-17-7-9-22-27-20(13-29(22)12-17)21-5-4-10-28(21)3/h6-9,11-13,21H,4-5,10H2,1-3H3,(H,26,30)/t21-/m1/s1. The Morgan fingerprint density at radius 2 is 1.83 bits per heavy atom. The molecule has 1 aliphatic rings. The van der Waals surface area contributed by atoms with Crippen LogP contribution in [0.25, 0.3) is 16.7 Å². The fourth-order valence-corrected chi connectivity index (χ4v) is 4.11. The fourth-order valence-electron chi connectivity index (χ4n) is 4.11. The maximum absolute atomic E-state index is 12.8. The summed E-state index contributed by atoms with van der Waals surface area (Å²) in [6.07, 6.45) is 6.31. The first kappa shape index (κ1) is 18.7. The van der Waals surface area contributed by atoms with E-state index < -0.39 is 0 Å². The fraction of sp³-hybridized carbons (Fsp3) is 0.304. The lowest BCUT2D eigenvalue weighted by Gasteiger charge is -2.16. The molecule has 1 N–H and O–H groups in total. The second kappa shape index (κ2) is 7.18. The van der Waals surface area contributed by atoms with Crippen molar-refractivity contribution in [3.8, 4) is 0 Å². The number of imidazole rings is 1. The number of nitrogens with zero attached hydrogens (tertiary/aromatic N) is 5. The van der Waals surface area contributed by atoms with Gasteiger partial charge in [0.1, 0.15) is 5.65 Å². The maximum atomic E-state index is 12.8. The first-order valence-electron chi connectivity index (χ1n) is 10.2. The predicted molar refractivity (Wildman–Crippen MR) is 117 cm³/mol. The van der Waals surface area contributed by atoms with Gasteiger partial charge in [0, 0.05) is 18.0 Å². The molecule has 4 aromatic rings. The minimum atomic E-state index is -0.174. The average Bonchev–Trinajstić information content (AvgIpc) is 3.33. The van der Waals surface area contributed by atoms with Gasteiger partial charge in [-0.1, -0.05) is 0 Å². The topological polar surface area (TPSA) is 75.4 Å². The molecule has 7 heteroatoms. The molecule has 1 atom stereocenters. The van der Waals surface area contributed by atoms with Crippen molar-refractivity contribution >= 4 is 28.3 Å². The number of likely N-dealkylation sites (tertiary alicyclic amines) is 1. The van der Waals surface area contributed by atoms with E-state index in [-0.39, 0.29) is 5.91 Å². The van der Waals surface area contributed by atoms with Crippen LogP contribution in [0, 0.1) is 13.8 Å². The van der Waals surface area contributed by atoms with Gasteiger partial charge in [-0.05, 0) is 70.6 Å². The number of aryl methyl sites for hydroxylation is 2. The SMILES string of the molecule is Cc1nc2ccc(C(=O)Nc3ccc4nc([C@H]5CCCN5C)cn4c3)cc2nc1C. The Morgan fingerprint density at radius 3 is 2.60 bits per heavy atom. The largest absolute Gasteiger partial charge is 0.321 e. The van der Waals surface area contributed by atoms with Crippen LogP contribution in [0.1, 0.15) is 46.3 Å². The molecular formula is C23H24N6O. The van der Waals surface area contributed by atoms with Crippen molar-refractivity contribution in [1.82, 2.24) is 24.3 Å². The van der Waals surface area contributed by atoms with E-state index in [0.717, 1.165) is 52.4 Å². The molecule has 7 nitrogen and oxygen atoms in total. The zero-order valence-electron chi connectivity index (χ0n) is 17.4. The van der Waals surface area contributed by atoms with Crippen molar-refractivity contribution in [2.24, 2.45) is 0 Å². The minimum Gasteiger partial charge on any atom is -0.321 e. The lowest BCUT2D eigenvalue weighted by atomic mass is 10.1. The molecule has 1 amide bonds. The van der Waals surface area contributed by atoms with Gasteiger partial charge >= 0.3 is 0 Å². The maximum Gasteiger partial charge on any atom is 0.255 e. The minimum absolute atomic E-state index is 0.174. The van der Waals surface area contributed by atoms with Gasteiger partial charge in [0.15, 0.2) is 0 Å². The first-order valence-corrected chi connectivity index (χ1v) is 10.2. The molecule has 0 bridgehead atoms. The molecule has 0 unspecified atom stereocenters. The summed E-state index contributed by atoms with van der Waals surface area (Å²) in [7, 11) is 2.14. The lowest BCUT2D eigenvalue weighted by molar-refractivity contribution is 0.102. The van der Waals surface area contributed by atoms with E-state index in [4.69, 9.17) is 4.98 Å². The third kappa shape index (κ3) is 3.31. The number of aromatic nitrogens is 4. The number of anilines is 1. The van der Waals surface area contributed by atoms with E-state index >= 15 is 0 Å². The molecular weight excluding hydrogens is 376 g/mol. The molecule has 152 valence electrons. The van der Waals surface area contributed by atoms with Crippen LogP contribution in [0.3, 0.4) is 0 Å². The molecule has 1 aliphatic heterocycles. The molecule has 0 aliphatic carbocycles. The van der Waals surface area contributed by atoms with Crippen LogP contribution < -0.4 is 5.32 Å². The first-order chi connectivity index (χ1) is 14.5. The number of hydrogen-bond acceptors (Lipinski definition) is 5. The summed E-state index contributed by atoms with van der Waals surface area (Å²) >= 11 is 0. The van der Waals surface area contributed by atoms with Gasteiger partial charge in [-0.2, -0.15) is 0 Å². The third-order valence-corrected chi connectivity index (χ3v) is 5.93. The average molecular weight is 400 g/mol. The summed E-state index contributed by atoms with van der Waals surface area (Å²) in [6.45, 7) is 4.96. The normalized spacial score (nSPS) is 17.1. The van der Waals surface area contributed by atoms with Gasteiger partial charge in [-0.25, -0.2) is 15.0 Å². The smallest absolute Gasteiger partial charge is 0.255 e. The molecule has 0 spiro atoms. The van der Waals surface area contributed by atoms with Gasteiger partial charge in [-0.15, -0.1) is 0 Å². The summed E-state index contributed by atoms with van der Waals surface area (Å²) in [4.78, 5) is 29.0. The number of rotatable bonds is 3. The molecule has 1 fully saturated rings. The van der Waals surface area contributed by atoms with E-state index in [2.05, 4.69) is 33.4 Å². The van der Waals surface area contributed by atoms with Crippen LogP contribution in [0.4, 0.5) is 5.69 Å². The van der Waals surface area contributed by atoms with Crippen molar-refractivity contribution in [3.05, 3.63) is 65.4 Å². The number of benzene rings is 1. The summed E-state index contributed by atoms with van der Waals surface area (Å²) in [5.74, 6) is -0.174. The van der Waals surface area contributed by atoms with Gasteiger partial charge in [0.2, 0.25) is 0 Å². The Kier molecular flexibility index (Phi) is 4.47. The van der Waals surface area contributed by atoms with Crippen molar-refractivity contribution in [2.45, 2.75) is 32.7 Å². The second-order valence-electron chi connectivity index (χ2n) is 8.04. The van der Waals surface area contributed by atoms with Crippen molar-refractivity contribution in [1.29, 1.82) is 0 Å². The number of carbonyl (C=O) groups excluding carboxylic acids is 1. The summed E-state index contributed by atoms with van der Waals surface area (Å²) in [6, 6.07) is 9.60. The van der Waals surface area contributed by atoms with Gasteiger partial charge in [0.25, 0.3) is 5.91 Å². The number of nitrogens with one attached hydrogen (secondary N) is 1. The number of pyridine rings is 1. The molecule has 5 rings (SSSR count). The highest BCUT2D eigenvalue weighted by Crippen LogP contribution is 2.30. The summed E-state index contributed by atoms with van der Waals surface area (Å²) in [5, 5.41) is 2.98. The third-order valence-electron chi connectivity index (χ3n) is 5.93. The molecule has 4 heterocycles. The molecule has 30 heavy (non-hydrogen) atoms. The van der Waals surface area contributed by atoms with Crippen LogP contribution in [0.15, 0.2) is 42.7 Å². The highest BCUT2D eigenvalue weighted by molar-refractivity contribution is 6.05. The Balaban J connectivity index is 1.40. The number of hydrogen-bond donors (Lipinski definition) is 1. The number of amides is 1. The van der Waals surface area contributed by atoms with Gasteiger partial charge in [-0.3, -0.25) is 9.69 Å². The van der Waals surface area contributed by atoms with E-state index in [1.165, 1.54) is 6.42 Å². The molecule has 0 saturated carbocycles. The molecule has 1 aromatic carbocycles. The van der Waals surface area contributed by atoms with Crippen molar-refractivity contribution in [3.63, 3.8) is 0 Å². The second-order valence-corrected chi connectivity index (χ2v) is 8.04. The zero-order valence-corrected chi connectivity index (χ0v) is 17.4. The van der Waals surface area contributed by atoms with Crippen LogP contribution >= 0.6 is 0 Å². The quantitative estimate of drug-likeness (QED) is 0.564. The molecule has 0 radical (unpaired) electrons. The summed E-state index contributed by atoms with van der Waals surface area (Å²) < 4.78 is 1.98. The van der Waals surface area contributed by atoms with Crippen LogP contribution in [-0.2, 0) is 0 Å². The van der Waals surface area contributed by atoms with Crippen molar-refractivity contribution < 1.29 is 4.79 Å². The van der Waals surface area contributed by atoms with E-state index in [1.54, 1.807) is 12.1 Å². The Bertz CT molecular complexity index is 1280. The van der Waals surface area contributed by atoms with E-state index in [9.17, 15) is 4.79 Å².